The lowest BCUT2D eigenvalue weighted by atomic mass is 10.1. The van der Waals surface area contributed by atoms with Gasteiger partial charge in [-0.1, -0.05) is 19.0 Å². The third kappa shape index (κ3) is 8.68. The van der Waals surface area contributed by atoms with Crippen molar-refractivity contribution < 1.29 is 19.4 Å². The van der Waals surface area contributed by atoms with E-state index in [0.717, 1.165) is 81.3 Å². The molecule has 1 aliphatic heterocycles. The summed E-state index contributed by atoms with van der Waals surface area (Å²) in [5.41, 5.74) is 8.50. The number of thiazole rings is 1. The number of hydrogen-bond donors (Lipinski definition) is 2. The molecule has 210 valence electrons. The summed E-state index contributed by atoms with van der Waals surface area (Å²) in [7, 11) is 0. The zero-order valence-corrected chi connectivity index (χ0v) is 23.8. The molecular weight excluding hydrogens is 512 g/mol. The molecule has 3 aromatic rings. The van der Waals surface area contributed by atoms with E-state index in [-0.39, 0.29) is 5.84 Å². The lowest BCUT2D eigenvalue weighted by Crippen LogP contribution is -2.37. The maximum Gasteiger partial charge on any atom is 0.170 e. The van der Waals surface area contributed by atoms with Gasteiger partial charge >= 0.3 is 0 Å². The first-order chi connectivity index (χ1) is 19.0. The second-order valence-electron chi connectivity index (χ2n) is 9.97. The summed E-state index contributed by atoms with van der Waals surface area (Å²) in [6.45, 7) is 10.5. The number of nitrogens with two attached hydrogens (primary N) is 1. The van der Waals surface area contributed by atoms with Crippen LogP contribution in [0.3, 0.4) is 0 Å². The predicted octanol–water partition coefficient (Wildman–Crippen LogP) is 5.53. The Balaban J connectivity index is 1.20. The van der Waals surface area contributed by atoms with E-state index in [1.807, 2.05) is 23.5 Å². The Hall–Kier alpha value is -3.14. The number of oxime groups is 1. The van der Waals surface area contributed by atoms with Gasteiger partial charge in [-0.25, -0.2) is 4.98 Å². The van der Waals surface area contributed by atoms with Gasteiger partial charge < -0.3 is 25.2 Å². The van der Waals surface area contributed by atoms with Crippen molar-refractivity contribution >= 4 is 17.2 Å². The lowest BCUT2D eigenvalue weighted by Gasteiger charge is -2.26. The second kappa shape index (κ2) is 14.9. The number of unbranched alkanes of at least 4 members (excludes halogenated alkanes) is 2. The van der Waals surface area contributed by atoms with Crippen molar-refractivity contribution in [3.05, 3.63) is 64.0 Å². The van der Waals surface area contributed by atoms with E-state index in [1.165, 1.54) is 9.88 Å². The minimum Gasteiger partial charge on any atom is -0.494 e. The standard InChI is InChI=1S/C30H40N4O4S/c1-22(2)30-32-28(27(39-30)14-15-34-16-20-36-21-17-34)23-6-10-25(11-7-23)37-18-4-3-5-19-38-26-12-8-24(9-13-26)29(31)33-35/h6-13,22,35H,3-5,14-21H2,1-2H3,(H2,31,33). The highest BCUT2D eigenvalue weighted by Crippen LogP contribution is 2.33. The van der Waals surface area contributed by atoms with E-state index in [1.54, 1.807) is 12.1 Å². The van der Waals surface area contributed by atoms with Crippen molar-refractivity contribution in [3.63, 3.8) is 0 Å². The maximum atomic E-state index is 8.73. The molecule has 1 fully saturated rings. The number of hydrogen-bond acceptors (Lipinski definition) is 8. The van der Waals surface area contributed by atoms with Crippen LogP contribution in [0.4, 0.5) is 0 Å². The second-order valence-corrected chi connectivity index (χ2v) is 11.1. The van der Waals surface area contributed by atoms with E-state index in [0.29, 0.717) is 24.7 Å². The third-order valence-electron chi connectivity index (χ3n) is 6.68. The van der Waals surface area contributed by atoms with Crippen LogP contribution in [0.5, 0.6) is 11.5 Å². The molecule has 1 aromatic heterocycles. The molecule has 0 saturated carbocycles. The molecule has 4 rings (SSSR count). The number of nitrogens with zero attached hydrogens (tertiary/aromatic N) is 3. The van der Waals surface area contributed by atoms with Crippen molar-refractivity contribution in [2.24, 2.45) is 10.9 Å². The number of ether oxygens (including phenoxy) is 3. The number of morpholine rings is 1. The minimum absolute atomic E-state index is 0.0869. The van der Waals surface area contributed by atoms with Crippen molar-refractivity contribution in [1.82, 2.24) is 9.88 Å². The zero-order valence-electron chi connectivity index (χ0n) is 23.0. The van der Waals surface area contributed by atoms with Gasteiger partial charge in [-0.15, -0.1) is 11.3 Å². The summed E-state index contributed by atoms with van der Waals surface area (Å²) in [4.78, 5) is 8.86. The molecule has 2 aromatic carbocycles. The Kier molecular flexibility index (Phi) is 11.0. The quantitative estimate of drug-likeness (QED) is 0.0891. The average Bonchev–Trinajstić information content (AvgIpc) is 3.41. The van der Waals surface area contributed by atoms with E-state index >= 15 is 0 Å². The van der Waals surface area contributed by atoms with Gasteiger partial charge in [0.1, 0.15) is 11.5 Å². The van der Waals surface area contributed by atoms with Gasteiger partial charge in [0.05, 0.1) is 37.1 Å². The zero-order chi connectivity index (χ0) is 27.5. The molecule has 0 aliphatic carbocycles. The van der Waals surface area contributed by atoms with Crippen LogP contribution in [-0.4, -0.2) is 67.0 Å². The van der Waals surface area contributed by atoms with Crippen LogP contribution in [0.15, 0.2) is 53.7 Å². The van der Waals surface area contributed by atoms with E-state index < -0.39 is 0 Å². The molecule has 2 heterocycles. The topological polar surface area (TPSA) is 102 Å². The molecule has 39 heavy (non-hydrogen) atoms. The minimum atomic E-state index is 0.0869. The summed E-state index contributed by atoms with van der Waals surface area (Å²) >= 11 is 1.85. The smallest absolute Gasteiger partial charge is 0.170 e. The van der Waals surface area contributed by atoms with Gasteiger partial charge in [-0.2, -0.15) is 0 Å². The van der Waals surface area contributed by atoms with Gasteiger partial charge in [-0.05, 0) is 74.2 Å². The first kappa shape index (κ1) is 28.9. The Morgan fingerprint density at radius 1 is 1.00 bits per heavy atom. The molecule has 0 bridgehead atoms. The van der Waals surface area contributed by atoms with Crippen molar-refractivity contribution in [2.45, 2.75) is 45.4 Å². The van der Waals surface area contributed by atoms with Crippen LogP contribution < -0.4 is 15.2 Å². The summed E-state index contributed by atoms with van der Waals surface area (Å²) in [6.07, 6.45) is 3.94. The molecule has 0 unspecified atom stereocenters. The fourth-order valence-electron chi connectivity index (χ4n) is 4.35. The molecule has 0 radical (unpaired) electrons. The Labute approximate surface area is 235 Å². The van der Waals surface area contributed by atoms with Crippen LogP contribution in [0.1, 0.15) is 54.5 Å². The van der Waals surface area contributed by atoms with Gasteiger partial charge in [0.2, 0.25) is 0 Å². The summed E-state index contributed by atoms with van der Waals surface area (Å²) in [5, 5.41) is 12.9. The SMILES string of the molecule is CC(C)c1nc(-c2ccc(OCCCCCOc3ccc(/C(N)=N/O)cc3)cc2)c(CCN2CCOCC2)s1. The summed E-state index contributed by atoms with van der Waals surface area (Å²) < 4.78 is 17.3. The van der Waals surface area contributed by atoms with E-state index in [2.05, 4.69) is 48.2 Å². The van der Waals surface area contributed by atoms with E-state index in [4.69, 9.17) is 30.1 Å². The molecule has 1 aliphatic rings. The molecule has 9 heteroatoms. The lowest BCUT2D eigenvalue weighted by molar-refractivity contribution is 0.0385. The van der Waals surface area contributed by atoms with Crippen LogP contribution in [0, 0.1) is 0 Å². The van der Waals surface area contributed by atoms with Crippen LogP contribution >= 0.6 is 11.3 Å². The van der Waals surface area contributed by atoms with Crippen molar-refractivity contribution in [1.29, 1.82) is 0 Å². The summed E-state index contributed by atoms with van der Waals surface area (Å²) in [5.74, 6) is 2.16. The monoisotopic (exact) mass is 552 g/mol. The Morgan fingerprint density at radius 2 is 1.62 bits per heavy atom. The van der Waals surface area contributed by atoms with Crippen LogP contribution in [0.2, 0.25) is 0 Å². The molecule has 1 saturated heterocycles. The van der Waals surface area contributed by atoms with Gasteiger partial charge in [0, 0.05) is 41.6 Å². The van der Waals surface area contributed by atoms with Crippen LogP contribution in [0.25, 0.3) is 11.3 Å². The Morgan fingerprint density at radius 3 is 2.21 bits per heavy atom. The third-order valence-corrected chi connectivity index (χ3v) is 8.09. The summed E-state index contributed by atoms with van der Waals surface area (Å²) in [6, 6.07) is 15.6. The van der Waals surface area contributed by atoms with Gasteiger partial charge in [0.25, 0.3) is 0 Å². The fourth-order valence-corrected chi connectivity index (χ4v) is 5.42. The normalized spacial score (nSPS) is 14.6. The molecule has 0 atom stereocenters. The Bertz CT molecular complexity index is 1170. The van der Waals surface area contributed by atoms with Crippen LogP contribution in [-0.2, 0) is 11.2 Å². The van der Waals surface area contributed by atoms with Crippen molar-refractivity contribution in [3.8, 4) is 22.8 Å². The number of aromatic nitrogens is 1. The van der Waals surface area contributed by atoms with Gasteiger partial charge in [-0.3, -0.25) is 4.90 Å². The van der Waals surface area contributed by atoms with E-state index in [9.17, 15) is 0 Å². The molecule has 8 nitrogen and oxygen atoms in total. The average molecular weight is 553 g/mol. The first-order valence-electron chi connectivity index (χ1n) is 13.8. The molecule has 3 N–H and O–H groups in total. The number of amidine groups is 1. The number of rotatable bonds is 14. The van der Waals surface area contributed by atoms with Crippen molar-refractivity contribution in [2.75, 3.05) is 46.1 Å². The molecule has 0 spiro atoms. The maximum absolute atomic E-state index is 8.73. The highest BCUT2D eigenvalue weighted by molar-refractivity contribution is 7.12. The largest absolute Gasteiger partial charge is 0.494 e. The molecular formula is C30H40N4O4S. The first-order valence-corrected chi connectivity index (χ1v) is 14.6. The molecule has 0 amide bonds. The highest BCUT2D eigenvalue weighted by Gasteiger charge is 2.17. The predicted molar refractivity (Wildman–Crippen MR) is 156 cm³/mol. The fraction of sp³-hybridized carbons (Fsp3) is 0.467. The number of benzene rings is 2. The van der Waals surface area contributed by atoms with Gasteiger partial charge in [0.15, 0.2) is 5.84 Å². The highest BCUT2D eigenvalue weighted by atomic mass is 32.1.